The van der Waals surface area contributed by atoms with Gasteiger partial charge in [-0.15, -0.1) is 0 Å². The van der Waals surface area contributed by atoms with Gasteiger partial charge >= 0.3 is 0 Å². The van der Waals surface area contributed by atoms with Crippen molar-refractivity contribution in [3.05, 3.63) is 58.6 Å². The van der Waals surface area contributed by atoms with Gasteiger partial charge in [-0.25, -0.2) is 0 Å². The van der Waals surface area contributed by atoms with Gasteiger partial charge in [0.05, 0.1) is 12.6 Å². The number of benzene rings is 2. The molecule has 0 aliphatic carbocycles. The topological polar surface area (TPSA) is 59.6 Å². The summed E-state index contributed by atoms with van der Waals surface area (Å²) in [6.45, 7) is 4.43. The lowest BCUT2D eigenvalue weighted by atomic mass is 10.1. The molecule has 2 N–H and O–H groups in total. The fourth-order valence-corrected chi connectivity index (χ4v) is 2.80. The normalized spacial score (nSPS) is 14.8. The molecular formula is C19H21ClN2O3. The lowest BCUT2D eigenvalue weighted by molar-refractivity contribution is -0.121. The van der Waals surface area contributed by atoms with Crippen LogP contribution in [0.15, 0.2) is 42.5 Å². The Balaban J connectivity index is 1.51. The number of hydrogen-bond acceptors (Lipinski definition) is 4. The molecule has 132 valence electrons. The Morgan fingerprint density at radius 2 is 1.72 bits per heavy atom. The van der Waals surface area contributed by atoms with Crippen LogP contribution in [-0.2, 0) is 4.79 Å². The van der Waals surface area contributed by atoms with Gasteiger partial charge in [0.2, 0.25) is 12.7 Å². The van der Waals surface area contributed by atoms with Gasteiger partial charge in [-0.1, -0.05) is 29.8 Å². The second kappa shape index (κ2) is 7.76. The van der Waals surface area contributed by atoms with Crippen LogP contribution < -0.4 is 20.1 Å². The first kappa shape index (κ1) is 17.6. The number of carbonyl (C=O) groups excluding carboxylic acids is 1. The average molecular weight is 361 g/mol. The van der Waals surface area contributed by atoms with Crippen LogP contribution in [-0.4, -0.2) is 19.2 Å². The number of rotatable bonds is 6. The lowest BCUT2D eigenvalue weighted by Crippen LogP contribution is -2.36. The summed E-state index contributed by atoms with van der Waals surface area (Å²) in [6, 6.07) is 13.2. The van der Waals surface area contributed by atoms with Crippen LogP contribution >= 0.6 is 11.6 Å². The number of hydrogen-bond donors (Lipinski definition) is 2. The first-order valence-corrected chi connectivity index (χ1v) is 8.58. The molecule has 0 unspecified atom stereocenters. The van der Waals surface area contributed by atoms with Gasteiger partial charge in [0.1, 0.15) is 0 Å². The van der Waals surface area contributed by atoms with Crippen molar-refractivity contribution in [1.29, 1.82) is 0 Å². The SMILES string of the molecule is C[C@H](NC(=O)CN[C@H](C)c1ccc(Cl)cc1)c1ccc2c(c1)OCO2. The second-order valence-corrected chi connectivity index (χ2v) is 6.49. The Kier molecular flexibility index (Phi) is 5.46. The summed E-state index contributed by atoms with van der Waals surface area (Å²) in [5, 5.41) is 6.90. The maximum atomic E-state index is 12.2. The zero-order valence-electron chi connectivity index (χ0n) is 14.2. The summed E-state index contributed by atoms with van der Waals surface area (Å²) >= 11 is 5.89. The predicted octanol–water partition coefficient (Wildman–Crippen LogP) is 3.60. The van der Waals surface area contributed by atoms with Crippen LogP contribution in [0.4, 0.5) is 0 Å². The Bertz CT molecular complexity index is 749. The molecule has 3 rings (SSSR count). The van der Waals surface area contributed by atoms with E-state index in [0.29, 0.717) is 10.8 Å². The average Bonchev–Trinajstić information content (AvgIpc) is 3.08. The van der Waals surface area contributed by atoms with Crippen molar-refractivity contribution in [2.75, 3.05) is 13.3 Å². The number of ether oxygens (including phenoxy) is 2. The fourth-order valence-electron chi connectivity index (χ4n) is 2.67. The highest BCUT2D eigenvalue weighted by molar-refractivity contribution is 6.30. The molecule has 0 fully saturated rings. The van der Waals surface area contributed by atoms with E-state index in [1.54, 1.807) is 0 Å². The third-order valence-corrected chi connectivity index (χ3v) is 4.46. The molecule has 2 aromatic rings. The van der Waals surface area contributed by atoms with Gasteiger partial charge in [0.25, 0.3) is 0 Å². The highest BCUT2D eigenvalue weighted by Crippen LogP contribution is 2.34. The van der Waals surface area contributed by atoms with Gasteiger partial charge in [-0.3, -0.25) is 4.79 Å². The molecular weight excluding hydrogens is 340 g/mol. The van der Waals surface area contributed by atoms with Gasteiger partial charge < -0.3 is 20.1 Å². The smallest absolute Gasteiger partial charge is 0.234 e. The van der Waals surface area contributed by atoms with Crippen molar-refractivity contribution in [2.24, 2.45) is 0 Å². The highest BCUT2D eigenvalue weighted by Gasteiger charge is 2.17. The number of carbonyl (C=O) groups is 1. The minimum atomic E-state index is -0.116. The lowest BCUT2D eigenvalue weighted by Gasteiger charge is -2.17. The summed E-state index contributed by atoms with van der Waals surface area (Å²) in [4.78, 5) is 12.2. The van der Waals surface area contributed by atoms with Gasteiger partial charge in [-0.05, 0) is 49.2 Å². The van der Waals surface area contributed by atoms with E-state index in [4.69, 9.17) is 21.1 Å². The molecule has 0 saturated carbocycles. The standard InChI is InChI=1S/C19H21ClN2O3/c1-12(14-3-6-16(20)7-4-14)21-10-19(23)22-13(2)15-5-8-17-18(9-15)25-11-24-17/h3-9,12-13,21H,10-11H2,1-2H3,(H,22,23)/t12-,13+/m1/s1. The van der Waals surface area contributed by atoms with E-state index in [0.717, 1.165) is 16.9 Å². The largest absolute Gasteiger partial charge is 0.454 e. The molecule has 2 aromatic carbocycles. The van der Waals surface area contributed by atoms with E-state index >= 15 is 0 Å². The van der Waals surface area contributed by atoms with Crippen LogP contribution in [0, 0.1) is 0 Å². The van der Waals surface area contributed by atoms with Crippen LogP contribution in [0.3, 0.4) is 0 Å². The van der Waals surface area contributed by atoms with Crippen molar-refractivity contribution in [3.63, 3.8) is 0 Å². The third kappa shape index (κ3) is 4.44. The summed E-state index contributed by atoms with van der Waals surface area (Å²) in [7, 11) is 0. The molecule has 1 heterocycles. The Hall–Kier alpha value is -2.24. The maximum absolute atomic E-state index is 12.2. The van der Waals surface area contributed by atoms with Gasteiger partial charge in [0.15, 0.2) is 11.5 Å². The van der Waals surface area contributed by atoms with E-state index in [1.807, 2.05) is 56.3 Å². The fraction of sp³-hybridized carbons (Fsp3) is 0.316. The third-order valence-electron chi connectivity index (χ3n) is 4.21. The van der Waals surface area contributed by atoms with Crippen molar-refractivity contribution in [1.82, 2.24) is 10.6 Å². The van der Waals surface area contributed by atoms with Crippen molar-refractivity contribution in [2.45, 2.75) is 25.9 Å². The molecule has 0 saturated heterocycles. The molecule has 1 aliphatic heterocycles. The molecule has 1 aliphatic rings. The van der Waals surface area contributed by atoms with E-state index in [-0.39, 0.29) is 31.3 Å². The van der Waals surface area contributed by atoms with Gasteiger partial charge in [0, 0.05) is 11.1 Å². The minimum absolute atomic E-state index is 0.0591. The van der Waals surface area contributed by atoms with Crippen LogP contribution in [0.25, 0.3) is 0 Å². The molecule has 25 heavy (non-hydrogen) atoms. The first-order chi connectivity index (χ1) is 12.0. The molecule has 6 heteroatoms. The second-order valence-electron chi connectivity index (χ2n) is 6.06. The maximum Gasteiger partial charge on any atom is 0.234 e. The number of fused-ring (bicyclic) bond motifs is 1. The molecule has 5 nitrogen and oxygen atoms in total. The number of nitrogens with one attached hydrogen (secondary N) is 2. The Morgan fingerprint density at radius 1 is 1.04 bits per heavy atom. The van der Waals surface area contributed by atoms with Gasteiger partial charge in [-0.2, -0.15) is 0 Å². The van der Waals surface area contributed by atoms with Crippen molar-refractivity contribution >= 4 is 17.5 Å². The van der Waals surface area contributed by atoms with Crippen LogP contribution in [0.5, 0.6) is 11.5 Å². The summed E-state index contributed by atoms with van der Waals surface area (Å²) in [5.74, 6) is 1.39. The molecule has 0 spiro atoms. The van der Waals surface area contributed by atoms with Crippen molar-refractivity contribution in [3.8, 4) is 11.5 Å². The molecule has 2 atom stereocenters. The molecule has 1 amide bonds. The zero-order chi connectivity index (χ0) is 17.8. The first-order valence-electron chi connectivity index (χ1n) is 8.20. The summed E-state index contributed by atoms with van der Waals surface area (Å²) in [5.41, 5.74) is 2.06. The Labute approximate surface area is 152 Å². The number of amides is 1. The monoisotopic (exact) mass is 360 g/mol. The predicted molar refractivity (Wildman–Crippen MR) is 97.0 cm³/mol. The summed E-state index contributed by atoms with van der Waals surface area (Å²) < 4.78 is 10.7. The molecule has 0 bridgehead atoms. The zero-order valence-corrected chi connectivity index (χ0v) is 15.0. The number of halogens is 1. The van der Waals surface area contributed by atoms with E-state index < -0.39 is 0 Å². The summed E-state index contributed by atoms with van der Waals surface area (Å²) in [6.07, 6.45) is 0. The highest BCUT2D eigenvalue weighted by atomic mass is 35.5. The van der Waals surface area contributed by atoms with E-state index in [1.165, 1.54) is 0 Å². The van der Waals surface area contributed by atoms with E-state index in [9.17, 15) is 4.79 Å². The molecule has 0 radical (unpaired) electrons. The van der Waals surface area contributed by atoms with Crippen molar-refractivity contribution < 1.29 is 14.3 Å². The molecule has 0 aromatic heterocycles. The van der Waals surface area contributed by atoms with E-state index in [2.05, 4.69) is 10.6 Å². The quantitative estimate of drug-likeness (QED) is 0.826. The Morgan fingerprint density at radius 3 is 2.48 bits per heavy atom. The minimum Gasteiger partial charge on any atom is -0.454 e. The van der Waals surface area contributed by atoms with Crippen LogP contribution in [0.1, 0.15) is 37.1 Å². The van der Waals surface area contributed by atoms with Crippen LogP contribution in [0.2, 0.25) is 5.02 Å².